The molecule has 3 heterocycles. The number of thiophene rings is 1. The van der Waals surface area contributed by atoms with Gasteiger partial charge in [-0.05, 0) is 30.9 Å². The first kappa shape index (κ1) is 18.0. The lowest BCUT2D eigenvalue weighted by Gasteiger charge is -2.35. The molecular weight excluding hydrogens is 413 g/mol. The summed E-state index contributed by atoms with van der Waals surface area (Å²) in [7, 11) is 0. The molecule has 7 heteroatoms. The molecule has 5 nitrogen and oxygen atoms in total. The van der Waals surface area contributed by atoms with Gasteiger partial charge in [-0.3, -0.25) is 0 Å². The van der Waals surface area contributed by atoms with Gasteiger partial charge in [0, 0.05) is 24.4 Å². The Morgan fingerprint density at radius 3 is 3.14 bits per heavy atom. The molecule has 1 fully saturated rings. The number of halogens is 1. The minimum atomic E-state index is -0.351. The average Bonchev–Trinajstić information content (AvgIpc) is 2.95. The smallest absolute Gasteiger partial charge is 0.191 e. The van der Waals surface area contributed by atoms with Crippen LogP contribution in [0.2, 0.25) is 0 Å². The van der Waals surface area contributed by atoms with E-state index < -0.39 is 0 Å². The second kappa shape index (κ2) is 7.46. The number of ether oxygens (including phenoxy) is 2. The Labute approximate surface area is 152 Å². The van der Waals surface area contributed by atoms with E-state index in [1.54, 1.807) is 11.3 Å². The van der Waals surface area contributed by atoms with Crippen LogP contribution in [-0.2, 0) is 21.5 Å². The molecule has 0 aromatic carbocycles. The maximum absolute atomic E-state index is 6.15. The van der Waals surface area contributed by atoms with Crippen molar-refractivity contribution >= 4 is 41.3 Å². The lowest BCUT2D eigenvalue weighted by molar-refractivity contribution is -0.0379. The fraction of sp³-hybridized carbons (Fsp3) is 0.667. The van der Waals surface area contributed by atoms with Crippen LogP contribution in [-0.4, -0.2) is 49.8 Å². The van der Waals surface area contributed by atoms with Crippen LogP contribution in [0.4, 0.5) is 0 Å². The summed E-state index contributed by atoms with van der Waals surface area (Å²) in [5, 5.41) is 2.13. The molecule has 0 amide bonds. The van der Waals surface area contributed by atoms with E-state index in [0.29, 0.717) is 19.1 Å². The van der Waals surface area contributed by atoms with Gasteiger partial charge >= 0.3 is 0 Å². The minimum absolute atomic E-state index is 0. The third-order valence-corrected chi connectivity index (χ3v) is 5.15. The Morgan fingerprint density at radius 2 is 2.36 bits per heavy atom. The Morgan fingerprint density at radius 1 is 1.55 bits per heavy atom. The second-order valence-corrected chi connectivity index (χ2v) is 6.89. The number of morpholine rings is 1. The number of fused-ring (bicyclic) bond motifs is 1. The van der Waals surface area contributed by atoms with Gasteiger partial charge in [0.05, 0.1) is 25.9 Å². The molecule has 1 saturated heterocycles. The van der Waals surface area contributed by atoms with Crippen molar-refractivity contribution in [3.05, 3.63) is 21.9 Å². The molecule has 2 N–H and O–H groups in total. The summed E-state index contributed by atoms with van der Waals surface area (Å²) in [5.41, 5.74) is 7.07. The number of aliphatic imine (C=N–C) groups is 1. The summed E-state index contributed by atoms with van der Waals surface area (Å²) < 4.78 is 11.5. The van der Waals surface area contributed by atoms with E-state index in [9.17, 15) is 0 Å². The molecular formula is C15H24IN3O2S. The standard InChI is InChI=1S/C15H23N3O2S.HI/c1-11-9-18(5-7-19-11)14(16)17-10-15(2)12-4-8-21-13(12)3-6-20-15;/h4,8,11H,3,5-7,9-10H2,1-2H3,(H2,16,17);1H. The lowest BCUT2D eigenvalue weighted by Crippen LogP contribution is -2.48. The van der Waals surface area contributed by atoms with E-state index in [0.717, 1.165) is 26.1 Å². The van der Waals surface area contributed by atoms with Crippen molar-refractivity contribution in [3.63, 3.8) is 0 Å². The average molecular weight is 437 g/mol. The number of nitrogens with zero attached hydrogens (tertiary/aromatic N) is 2. The molecule has 1 aromatic heterocycles. The van der Waals surface area contributed by atoms with Crippen molar-refractivity contribution in [2.24, 2.45) is 10.7 Å². The molecule has 2 atom stereocenters. The van der Waals surface area contributed by atoms with Crippen LogP contribution < -0.4 is 5.73 Å². The molecule has 3 rings (SSSR count). The first-order valence-electron chi connectivity index (χ1n) is 7.46. The monoisotopic (exact) mass is 437 g/mol. The molecule has 2 unspecified atom stereocenters. The molecule has 0 radical (unpaired) electrons. The number of rotatable bonds is 2. The van der Waals surface area contributed by atoms with Crippen LogP contribution in [0.25, 0.3) is 0 Å². The SMILES string of the molecule is CC1CN(C(N)=NCC2(C)OCCc3sccc32)CCO1.I. The first-order chi connectivity index (χ1) is 10.1. The van der Waals surface area contributed by atoms with Crippen molar-refractivity contribution < 1.29 is 9.47 Å². The lowest BCUT2D eigenvalue weighted by atomic mass is 9.93. The van der Waals surface area contributed by atoms with Gasteiger partial charge in [-0.1, -0.05) is 0 Å². The predicted octanol–water partition coefficient (Wildman–Crippen LogP) is 2.19. The zero-order valence-corrected chi connectivity index (χ0v) is 16.2. The van der Waals surface area contributed by atoms with Crippen molar-refractivity contribution in [1.29, 1.82) is 0 Å². The van der Waals surface area contributed by atoms with E-state index in [4.69, 9.17) is 15.2 Å². The maximum Gasteiger partial charge on any atom is 0.191 e. The Kier molecular flexibility index (Phi) is 6.09. The summed E-state index contributed by atoms with van der Waals surface area (Å²) >= 11 is 1.80. The first-order valence-corrected chi connectivity index (χ1v) is 8.34. The van der Waals surface area contributed by atoms with Crippen molar-refractivity contribution in [2.75, 3.05) is 32.8 Å². The van der Waals surface area contributed by atoms with E-state index in [2.05, 4.69) is 35.2 Å². The summed E-state index contributed by atoms with van der Waals surface area (Å²) in [5.74, 6) is 0.595. The van der Waals surface area contributed by atoms with Crippen molar-refractivity contribution in [1.82, 2.24) is 4.90 Å². The van der Waals surface area contributed by atoms with Gasteiger partial charge < -0.3 is 20.1 Å². The van der Waals surface area contributed by atoms with Gasteiger partial charge in [0.15, 0.2) is 5.96 Å². The summed E-state index contributed by atoms with van der Waals surface area (Å²) in [6, 6.07) is 2.15. The molecule has 22 heavy (non-hydrogen) atoms. The van der Waals surface area contributed by atoms with Gasteiger partial charge in [0.1, 0.15) is 5.60 Å². The maximum atomic E-state index is 6.15. The molecule has 2 aliphatic rings. The molecule has 2 aliphatic heterocycles. The van der Waals surface area contributed by atoms with E-state index in [-0.39, 0.29) is 35.7 Å². The summed E-state index contributed by atoms with van der Waals surface area (Å²) in [4.78, 5) is 8.11. The Bertz CT molecular complexity index is 537. The zero-order valence-electron chi connectivity index (χ0n) is 13.1. The predicted molar refractivity (Wildman–Crippen MR) is 100 cm³/mol. The van der Waals surface area contributed by atoms with Crippen molar-refractivity contribution in [3.8, 4) is 0 Å². The fourth-order valence-electron chi connectivity index (χ4n) is 2.94. The number of guanidine groups is 1. The van der Waals surface area contributed by atoms with Gasteiger partial charge in [0.2, 0.25) is 0 Å². The van der Waals surface area contributed by atoms with Crippen LogP contribution >= 0.6 is 35.3 Å². The van der Waals surface area contributed by atoms with E-state index >= 15 is 0 Å². The van der Waals surface area contributed by atoms with Gasteiger partial charge in [-0.25, -0.2) is 4.99 Å². The molecule has 0 spiro atoms. The highest BCUT2D eigenvalue weighted by molar-refractivity contribution is 14.0. The Balaban J connectivity index is 0.00000176. The summed E-state index contributed by atoms with van der Waals surface area (Å²) in [6.07, 6.45) is 1.21. The molecule has 0 saturated carbocycles. The largest absolute Gasteiger partial charge is 0.375 e. The van der Waals surface area contributed by atoms with Gasteiger partial charge in [-0.15, -0.1) is 35.3 Å². The van der Waals surface area contributed by atoms with E-state index in [1.807, 2.05) is 0 Å². The normalized spacial score (nSPS) is 28.9. The van der Waals surface area contributed by atoms with Crippen LogP contribution in [0.5, 0.6) is 0 Å². The van der Waals surface area contributed by atoms with Gasteiger partial charge in [-0.2, -0.15) is 0 Å². The second-order valence-electron chi connectivity index (χ2n) is 5.89. The highest BCUT2D eigenvalue weighted by Crippen LogP contribution is 2.36. The highest BCUT2D eigenvalue weighted by atomic mass is 127. The molecule has 0 aliphatic carbocycles. The third-order valence-electron chi connectivity index (χ3n) is 4.17. The van der Waals surface area contributed by atoms with E-state index in [1.165, 1.54) is 10.4 Å². The quantitative estimate of drug-likeness (QED) is 0.438. The number of hydrogen-bond donors (Lipinski definition) is 1. The fourth-order valence-corrected chi connectivity index (χ4v) is 3.92. The Hall–Kier alpha value is -0.380. The van der Waals surface area contributed by atoms with Crippen LogP contribution in [0, 0.1) is 0 Å². The van der Waals surface area contributed by atoms with Gasteiger partial charge in [0.25, 0.3) is 0 Å². The summed E-state index contributed by atoms with van der Waals surface area (Å²) in [6.45, 7) is 7.80. The number of nitrogens with two attached hydrogens (primary N) is 1. The third kappa shape index (κ3) is 3.74. The highest BCUT2D eigenvalue weighted by Gasteiger charge is 2.34. The van der Waals surface area contributed by atoms with Crippen molar-refractivity contribution in [2.45, 2.75) is 32.0 Å². The molecule has 124 valence electrons. The zero-order chi connectivity index (χ0) is 14.9. The minimum Gasteiger partial charge on any atom is -0.375 e. The van der Waals surface area contributed by atoms with Crippen LogP contribution in [0.3, 0.4) is 0 Å². The number of hydrogen-bond acceptors (Lipinski definition) is 4. The molecule has 1 aromatic rings. The van der Waals surface area contributed by atoms with Crippen LogP contribution in [0.1, 0.15) is 24.3 Å². The molecule has 0 bridgehead atoms. The topological polar surface area (TPSA) is 60.1 Å². The van der Waals surface area contributed by atoms with Crippen LogP contribution in [0.15, 0.2) is 16.4 Å².